The molecule has 3 N–H and O–H groups in total. The molecule has 0 atom stereocenters. The van der Waals surface area contributed by atoms with Gasteiger partial charge < -0.3 is 10.7 Å². The van der Waals surface area contributed by atoms with E-state index in [1.807, 2.05) is 23.9 Å². The number of nitrogens with one attached hydrogen (secondary N) is 1. The number of nitrogen functional groups attached to an aromatic ring is 1. The first-order valence-electron chi connectivity index (χ1n) is 6.06. The van der Waals surface area contributed by atoms with Gasteiger partial charge in [-0.15, -0.1) is 0 Å². The summed E-state index contributed by atoms with van der Waals surface area (Å²) < 4.78 is 1.81. The zero-order valence-corrected chi connectivity index (χ0v) is 11.5. The number of halogens is 1. The molecule has 0 aliphatic carbocycles. The van der Waals surface area contributed by atoms with Crippen molar-refractivity contribution in [1.82, 2.24) is 19.7 Å². The van der Waals surface area contributed by atoms with Crippen LogP contribution in [0.3, 0.4) is 0 Å². The molecule has 0 amide bonds. The number of anilines is 1. The van der Waals surface area contributed by atoms with Crippen molar-refractivity contribution in [2.45, 2.75) is 13.3 Å². The smallest absolute Gasteiger partial charge is 0.156 e. The van der Waals surface area contributed by atoms with Crippen LogP contribution in [-0.2, 0) is 13.5 Å². The summed E-state index contributed by atoms with van der Waals surface area (Å²) in [7, 11) is 1.90. The van der Waals surface area contributed by atoms with E-state index in [0.717, 1.165) is 34.7 Å². The molecule has 5 nitrogen and oxygen atoms in total. The minimum absolute atomic E-state index is 0.572. The number of fused-ring (bicyclic) bond motifs is 1. The lowest BCUT2D eigenvalue weighted by molar-refractivity contribution is 0.749. The molecule has 0 saturated carbocycles. The summed E-state index contributed by atoms with van der Waals surface area (Å²) >= 11 is 5.99. The van der Waals surface area contributed by atoms with Crippen LogP contribution < -0.4 is 5.73 Å². The number of benzene rings is 1. The minimum atomic E-state index is 0.572. The van der Waals surface area contributed by atoms with Gasteiger partial charge in [-0.1, -0.05) is 18.5 Å². The third-order valence-electron chi connectivity index (χ3n) is 3.12. The van der Waals surface area contributed by atoms with Crippen molar-refractivity contribution in [3.63, 3.8) is 0 Å². The first-order valence-corrected chi connectivity index (χ1v) is 6.44. The van der Waals surface area contributed by atoms with Crippen LogP contribution in [0.25, 0.3) is 22.6 Å². The van der Waals surface area contributed by atoms with Crippen LogP contribution in [0.5, 0.6) is 0 Å². The number of hydrogen-bond acceptors (Lipinski definition) is 3. The third kappa shape index (κ3) is 1.96. The van der Waals surface area contributed by atoms with Crippen LogP contribution in [0.1, 0.15) is 12.6 Å². The highest BCUT2D eigenvalue weighted by Gasteiger charge is 2.13. The van der Waals surface area contributed by atoms with Gasteiger partial charge in [-0.05, 0) is 24.6 Å². The van der Waals surface area contributed by atoms with Gasteiger partial charge in [0.05, 0.1) is 16.9 Å². The Morgan fingerprint density at radius 3 is 2.84 bits per heavy atom. The Bertz CT molecular complexity index is 756. The van der Waals surface area contributed by atoms with Crippen molar-refractivity contribution in [3.05, 3.63) is 28.9 Å². The zero-order valence-electron chi connectivity index (χ0n) is 10.7. The number of H-pyrrole nitrogens is 1. The number of nitrogens with two attached hydrogens (primary N) is 1. The van der Waals surface area contributed by atoms with E-state index in [4.69, 9.17) is 17.3 Å². The molecule has 0 bridgehead atoms. The summed E-state index contributed by atoms with van der Waals surface area (Å²) in [6.07, 6.45) is 0.891. The Labute approximate surface area is 115 Å². The molecule has 1 aromatic carbocycles. The minimum Gasteiger partial charge on any atom is -0.397 e. The Morgan fingerprint density at radius 2 is 2.16 bits per heavy atom. The summed E-state index contributed by atoms with van der Waals surface area (Å²) in [5.74, 6) is 0.749. The summed E-state index contributed by atoms with van der Waals surface area (Å²) in [5, 5.41) is 5.01. The molecule has 0 aliphatic rings. The van der Waals surface area contributed by atoms with Gasteiger partial charge in [0.25, 0.3) is 0 Å². The second-order valence-corrected chi connectivity index (χ2v) is 4.91. The molecule has 3 rings (SSSR count). The standard InChI is InChI=1S/C13H14ClN5/c1-3-8-6-11(19(2)18-8)13-16-10-5-7(14)4-9(15)12(10)17-13/h4-6H,3,15H2,1-2H3,(H,16,17). The highest BCUT2D eigenvalue weighted by Crippen LogP contribution is 2.27. The zero-order chi connectivity index (χ0) is 13.6. The summed E-state index contributed by atoms with van der Waals surface area (Å²) in [4.78, 5) is 7.77. The Morgan fingerprint density at radius 1 is 1.37 bits per heavy atom. The highest BCUT2D eigenvalue weighted by atomic mass is 35.5. The van der Waals surface area contributed by atoms with Gasteiger partial charge in [-0.3, -0.25) is 4.68 Å². The topological polar surface area (TPSA) is 72.5 Å². The van der Waals surface area contributed by atoms with Gasteiger partial charge in [-0.25, -0.2) is 4.98 Å². The average Bonchev–Trinajstić information content (AvgIpc) is 2.92. The lowest BCUT2D eigenvalue weighted by Crippen LogP contribution is -1.95. The summed E-state index contributed by atoms with van der Waals surface area (Å²) in [6, 6.07) is 5.55. The van der Waals surface area contributed by atoms with E-state index in [0.29, 0.717) is 10.7 Å². The highest BCUT2D eigenvalue weighted by molar-refractivity contribution is 6.31. The second-order valence-electron chi connectivity index (χ2n) is 4.47. The lowest BCUT2D eigenvalue weighted by Gasteiger charge is -1.95. The molecule has 98 valence electrons. The predicted molar refractivity (Wildman–Crippen MR) is 77.1 cm³/mol. The molecule has 3 aromatic rings. The Hall–Kier alpha value is -2.01. The van der Waals surface area contributed by atoms with E-state index in [9.17, 15) is 0 Å². The third-order valence-corrected chi connectivity index (χ3v) is 3.33. The fraction of sp³-hybridized carbons (Fsp3) is 0.231. The van der Waals surface area contributed by atoms with Crippen LogP contribution in [-0.4, -0.2) is 19.7 Å². The van der Waals surface area contributed by atoms with Crippen molar-refractivity contribution in [2.75, 3.05) is 5.73 Å². The fourth-order valence-corrected chi connectivity index (χ4v) is 2.38. The van der Waals surface area contributed by atoms with Gasteiger partial charge in [0, 0.05) is 12.1 Å². The first kappa shape index (κ1) is 12.0. The van der Waals surface area contributed by atoms with Crippen LogP contribution in [0, 0.1) is 0 Å². The van der Waals surface area contributed by atoms with Gasteiger partial charge >= 0.3 is 0 Å². The van der Waals surface area contributed by atoms with E-state index in [-0.39, 0.29) is 0 Å². The maximum absolute atomic E-state index is 5.99. The van der Waals surface area contributed by atoms with Crippen molar-refractivity contribution in [1.29, 1.82) is 0 Å². The number of aromatic nitrogens is 4. The first-order chi connectivity index (χ1) is 9.08. The molecule has 0 unspecified atom stereocenters. The normalized spacial score (nSPS) is 11.3. The number of hydrogen-bond donors (Lipinski definition) is 2. The summed E-state index contributed by atoms with van der Waals surface area (Å²) in [5.41, 5.74) is 10.0. The van der Waals surface area contributed by atoms with Crippen molar-refractivity contribution >= 4 is 28.3 Å². The van der Waals surface area contributed by atoms with Crippen LogP contribution in [0.15, 0.2) is 18.2 Å². The molecule has 0 saturated heterocycles. The van der Waals surface area contributed by atoms with Gasteiger partial charge in [0.15, 0.2) is 5.82 Å². The van der Waals surface area contributed by atoms with Gasteiger partial charge in [-0.2, -0.15) is 5.10 Å². The maximum atomic E-state index is 5.99. The average molecular weight is 276 g/mol. The number of nitrogens with zero attached hydrogens (tertiary/aromatic N) is 3. The SMILES string of the molecule is CCc1cc(-c2nc3c(N)cc(Cl)cc3[nH]2)n(C)n1. The van der Waals surface area contributed by atoms with E-state index >= 15 is 0 Å². The van der Waals surface area contributed by atoms with E-state index in [2.05, 4.69) is 22.0 Å². The van der Waals surface area contributed by atoms with Crippen molar-refractivity contribution in [3.8, 4) is 11.5 Å². The van der Waals surface area contributed by atoms with Gasteiger partial charge in [0.1, 0.15) is 11.2 Å². The predicted octanol–water partition coefficient (Wildman–Crippen LogP) is 2.76. The second kappa shape index (κ2) is 4.28. The monoisotopic (exact) mass is 275 g/mol. The van der Waals surface area contributed by atoms with Crippen LogP contribution in [0.2, 0.25) is 5.02 Å². The largest absolute Gasteiger partial charge is 0.397 e. The molecule has 0 spiro atoms. The van der Waals surface area contributed by atoms with Crippen molar-refractivity contribution < 1.29 is 0 Å². The van der Waals surface area contributed by atoms with Crippen LogP contribution >= 0.6 is 11.6 Å². The Balaban J connectivity index is 2.20. The summed E-state index contributed by atoms with van der Waals surface area (Å²) in [6.45, 7) is 2.07. The Kier molecular flexibility index (Phi) is 2.71. The van der Waals surface area contributed by atoms with E-state index in [1.165, 1.54) is 0 Å². The van der Waals surface area contributed by atoms with Crippen LogP contribution in [0.4, 0.5) is 5.69 Å². The fourth-order valence-electron chi connectivity index (χ4n) is 2.15. The number of rotatable bonds is 2. The van der Waals surface area contributed by atoms with E-state index in [1.54, 1.807) is 6.07 Å². The van der Waals surface area contributed by atoms with E-state index < -0.39 is 0 Å². The number of aromatic amines is 1. The van der Waals surface area contributed by atoms with Crippen molar-refractivity contribution in [2.24, 2.45) is 7.05 Å². The molecule has 2 heterocycles. The molecule has 2 aromatic heterocycles. The van der Waals surface area contributed by atoms with Gasteiger partial charge in [0.2, 0.25) is 0 Å². The molecule has 0 radical (unpaired) electrons. The quantitative estimate of drug-likeness (QED) is 0.706. The molecule has 19 heavy (non-hydrogen) atoms. The number of aryl methyl sites for hydroxylation is 2. The molecular weight excluding hydrogens is 262 g/mol. The molecule has 6 heteroatoms. The molecule has 0 aliphatic heterocycles. The number of imidazole rings is 1. The lowest BCUT2D eigenvalue weighted by atomic mass is 10.3. The maximum Gasteiger partial charge on any atom is 0.156 e. The molecular formula is C13H14ClN5. The molecule has 0 fully saturated rings.